The van der Waals surface area contributed by atoms with Gasteiger partial charge in [0.15, 0.2) is 0 Å². The van der Waals surface area contributed by atoms with Gasteiger partial charge in [-0.2, -0.15) is 0 Å². The molecule has 1 aromatic rings. The van der Waals surface area contributed by atoms with Crippen LogP contribution in [0.5, 0.6) is 5.75 Å². The minimum atomic E-state index is -0.209. The molecule has 0 aliphatic rings. The lowest BCUT2D eigenvalue weighted by Gasteiger charge is -2.16. The van der Waals surface area contributed by atoms with E-state index < -0.39 is 0 Å². The molecule has 0 aliphatic carbocycles. The first-order valence-electron chi connectivity index (χ1n) is 5.58. The number of carbonyl (C=O) groups is 1. The van der Waals surface area contributed by atoms with Gasteiger partial charge in [0.25, 0.3) is 5.91 Å². The predicted molar refractivity (Wildman–Crippen MR) is 66.0 cm³/mol. The third-order valence-electron chi connectivity index (χ3n) is 2.37. The lowest BCUT2D eigenvalue weighted by molar-refractivity contribution is 0.0936. The number of carbonyl (C=O) groups excluding carboxylic acids is 1. The van der Waals surface area contributed by atoms with Crippen LogP contribution >= 0.6 is 0 Å². The van der Waals surface area contributed by atoms with E-state index >= 15 is 0 Å². The maximum atomic E-state index is 11.8. The first-order chi connectivity index (χ1) is 7.99. The van der Waals surface area contributed by atoms with Crippen molar-refractivity contribution in [3.8, 4) is 5.75 Å². The minimum Gasteiger partial charge on any atom is -0.506 e. The van der Waals surface area contributed by atoms with Gasteiger partial charge < -0.3 is 15.3 Å². The van der Waals surface area contributed by atoms with Crippen LogP contribution in [0.15, 0.2) is 18.5 Å². The van der Waals surface area contributed by atoms with Gasteiger partial charge in [-0.25, -0.2) is 0 Å². The molecule has 1 atom stereocenters. The van der Waals surface area contributed by atoms with Crippen LogP contribution in [-0.2, 0) is 0 Å². The first kappa shape index (κ1) is 13.4. The Balaban J connectivity index is 2.49. The third-order valence-corrected chi connectivity index (χ3v) is 2.37. The molecule has 0 bridgehead atoms. The van der Waals surface area contributed by atoms with Crippen LogP contribution in [0.1, 0.15) is 23.7 Å². The van der Waals surface area contributed by atoms with E-state index in [-0.39, 0.29) is 17.7 Å². The van der Waals surface area contributed by atoms with Gasteiger partial charge in [-0.3, -0.25) is 9.78 Å². The molecule has 0 aromatic carbocycles. The number of hydrogen-bond donors (Lipinski definition) is 2. The van der Waals surface area contributed by atoms with Gasteiger partial charge in [-0.05, 0) is 40.1 Å². The number of rotatable bonds is 5. The zero-order valence-electron chi connectivity index (χ0n) is 10.5. The van der Waals surface area contributed by atoms with Crippen LogP contribution in [0, 0.1) is 0 Å². The maximum Gasteiger partial charge on any atom is 0.253 e. The highest BCUT2D eigenvalue weighted by atomic mass is 16.3. The average Bonchev–Trinajstić information content (AvgIpc) is 2.26. The van der Waals surface area contributed by atoms with Crippen molar-refractivity contribution < 1.29 is 9.90 Å². The molecule has 1 heterocycles. The number of aromatic hydroxyl groups is 1. The van der Waals surface area contributed by atoms with Crippen molar-refractivity contribution in [3.05, 3.63) is 24.0 Å². The zero-order chi connectivity index (χ0) is 12.8. The molecule has 0 saturated heterocycles. The molecule has 0 fully saturated rings. The topological polar surface area (TPSA) is 65.5 Å². The highest BCUT2D eigenvalue weighted by molar-refractivity contribution is 5.94. The lowest BCUT2D eigenvalue weighted by atomic mass is 10.2. The molecule has 0 saturated carbocycles. The van der Waals surface area contributed by atoms with E-state index in [0.717, 1.165) is 13.0 Å². The number of hydrogen-bond acceptors (Lipinski definition) is 4. The number of amides is 1. The molecule has 17 heavy (non-hydrogen) atoms. The van der Waals surface area contributed by atoms with Gasteiger partial charge >= 0.3 is 0 Å². The smallest absolute Gasteiger partial charge is 0.253 e. The molecule has 0 radical (unpaired) electrons. The molecule has 94 valence electrons. The van der Waals surface area contributed by atoms with Crippen LogP contribution in [0.25, 0.3) is 0 Å². The Labute approximate surface area is 101 Å². The van der Waals surface area contributed by atoms with Crippen LogP contribution in [0.4, 0.5) is 0 Å². The largest absolute Gasteiger partial charge is 0.506 e. The van der Waals surface area contributed by atoms with Crippen molar-refractivity contribution in [2.24, 2.45) is 0 Å². The molecule has 0 spiro atoms. The molecular formula is C12H19N3O2. The quantitative estimate of drug-likeness (QED) is 0.797. The highest BCUT2D eigenvalue weighted by Gasteiger charge is 2.10. The average molecular weight is 237 g/mol. The van der Waals surface area contributed by atoms with Gasteiger partial charge in [-0.1, -0.05) is 0 Å². The van der Waals surface area contributed by atoms with Crippen molar-refractivity contribution in [3.63, 3.8) is 0 Å². The second kappa shape index (κ2) is 6.20. The Bertz CT molecular complexity index is 380. The summed E-state index contributed by atoms with van der Waals surface area (Å²) in [6.45, 7) is 2.87. The summed E-state index contributed by atoms with van der Waals surface area (Å²) in [5.41, 5.74) is 0.377. The molecule has 5 heteroatoms. The van der Waals surface area contributed by atoms with Crippen molar-refractivity contribution in [2.75, 3.05) is 20.6 Å². The standard InChI is InChI=1S/C12H19N3O2/c1-9(4-5-15(2)3)14-12(17)10-6-11(16)8-13-7-10/h6-9,16H,4-5H2,1-3H3,(H,14,17). The second-order valence-corrected chi connectivity index (χ2v) is 4.40. The zero-order valence-corrected chi connectivity index (χ0v) is 10.5. The lowest BCUT2D eigenvalue weighted by Crippen LogP contribution is -2.34. The molecule has 1 unspecified atom stereocenters. The SMILES string of the molecule is CC(CCN(C)C)NC(=O)c1cncc(O)c1. The predicted octanol–water partition coefficient (Wildman–Crippen LogP) is 0.857. The summed E-state index contributed by atoms with van der Waals surface area (Å²) in [5, 5.41) is 12.1. The van der Waals surface area contributed by atoms with E-state index in [0.29, 0.717) is 5.56 Å². The van der Waals surface area contributed by atoms with Crippen molar-refractivity contribution in [2.45, 2.75) is 19.4 Å². The molecule has 0 aliphatic heterocycles. The normalized spacial score (nSPS) is 12.5. The van der Waals surface area contributed by atoms with Crippen molar-refractivity contribution >= 4 is 5.91 Å². The molecule has 1 aromatic heterocycles. The van der Waals surface area contributed by atoms with Crippen molar-refractivity contribution in [1.82, 2.24) is 15.2 Å². The number of pyridine rings is 1. The summed E-state index contributed by atoms with van der Waals surface area (Å²) < 4.78 is 0. The first-order valence-corrected chi connectivity index (χ1v) is 5.58. The van der Waals surface area contributed by atoms with E-state index in [1.54, 1.807) is 0 Å². The van der Waals surface area contributed by atoms with Gasteiger partial charge in [0.2, 0.25) is 0 Å². The summed E-state index contributed by atoms with van der Waals surface area (Å²) in [7, 11) is 3.99. The van der Waals surface area contributed by atoms with E-state index in [9.17, 15) is 9.90 Å². The Kier molecular flexibility index (Phi) is 4.90. The number of aromatic nitrogens is 1. The summed E-state index contributed by atoms with van der Waals surface area (Å²) >= 11 is 0. The van der Waals surface area contributed by atoms with E-state index in [1.807, 2.05) is 21.0 Å². The number of nitrogens with one attached hydrogen (secondary N) is 1. The van der Waals surface area contributed by atoms with Crippen LogP contribution in [0.2, 0.25) is 0 Å². The third kappa shape index (κ3) is 4.82. The van der Waals surface area contributed by atoms with Gasteiger partial charge in [0.1, 0.15) is 5.75 Å². The van der Waals surface area contributed by atoms with Gasteiger partial charge in [-0.15, -0.1) is 0 Å². The van der Waals surface area contributed by atoms with Crippen LogP contribution < -0.4 is 5.32 Å². The number of nitrogens with zero attached hydrogens (tertiary/aromatic N) is 2. The second-order valence-electron chi connectivity index (χ2n) is 4.40. The summed E-state index contributed by atoms with van der Waals surface area (Å²) in [5.74, 6) is -0.210. The molecule has 1 amide bonds. The molecule has 5 nitrogen and oxygen atoms in total. The fraction of sp³-hybridized carbons (Fsp3) is 0.500. The van der Waals surface area contributed by atoms with E-state index in [4.69, 9.17) is 0 Å². The Morgan fingerprint density at radius 2 is 2.24 bits per heavy atom. The Morgan fingerprint density at radius 1 is 1.53 bits per heavy atom. The summed E-state index contributed by atoms with van der Waals surface area (Å²) in [6, 6.07) is 1.49. The minimum absolute atomic E-state index is 0.00130. The molecular weight excluding hydrogens is 218 g/mol. The Morgan fingerprint density at radius 3 is 2.82 bits per heavy atom. The van der Waals surface area contributed by atoms with Gasteiger partial charge in [0.05, 0.1) is 11.8 Å². The fourth-order valence-corrected chi connectivity index (χ4v) is 1.38. The summed E-state index contributed by atoms with van der Waals surface area (Å²) in [6.07, 6.45) is 3.62. The molecule has 1 rings (SSSR count). The maximum absolute atomic E-state index is 11.8. The van der Waals surface area contributed by atoms with Crippen molar-refractivity contribution in [1.29, 1.82) is 0 Å². The summed E-state index contributed by atoms with van der Waals surface area (Å²) in [4.78, 5) is 17.6. The monoisotopic (exact) mass is 237 g/mol. The van der Waals surface area contributed by atoms with E-state index in [2.05, 4.69) is 15.2 Å². The fourth-order valence-electron chi connectivity index (χ4n) is 1.38. The molecule has 2 N–H and O–H groups in total. The van der Waals surface area contributed by atoms with Gasteiger partial charge in [0, 0.05) is 12.2 Å². The Hall–Kier alpha value is -1.62. The highest BCUT2D eigenvalue weighted by Crippen LogP contribution is 2.08. The van der Waals surface area contributed by atoms with Crippen LogP contribution in [-0.4, -0.2) is 47.6 Å². The van der Waals surface area contributed by atoms with Crippen LogP contribution in [0.3, 0.4) is 0 Å². The van der Waals surface area contributed by atoms with E-state index in [1.165, 1.54) is 18.5 Å².